The second-order valence-electron chi connectivity index (χ2n) is 3.68. The first kappa shape index (κ1) is 12.2. The highest BCUT2D eigenvalue weighted by Gasteiger charge is 2.24. The number of benzene rings is 1. The van der Waals surface area contributed by atoms with Gasteiger partial charge in [-0.15, -0.1) is 3.94 Å². The zero-order valence-electron chi connectivity index (χ0n) is 8.73. The molecule has 2 aromatic rings. The Balaban J connectivity index is 2.31. The summed E-state index contributed by atoms with van der Waals surface area (Å²) in [4.78, 5) is 14.1. The number of hydrogen-bond acceptors (Lipinski definition) is 2. The van der Waals surface area contributed by atoms with Crippen molar-refractivity contribution < 1.29 is 9.90 Å². The largest absolute Gasteiger partial charge is 0.480 e. The maximum absolute atomic E-state index is 11.0. The van der Waals surface area contributed by atoms with Crippen molar-refractivity contribution in [2.24, 2.45) is 0 Å². The molecule has 0 saturated heterocycles. The molecule has 0 saturated carbocycles. The van der Waals surface area contributed by atoms with E-state index in [0.29, 0.717) is 3.94 Å². The van der Waals surface area contributed by atoms with Crippen molar-refractivity contribution in [3.05, 3.63) is 36.0 Å². The predicted octanol–water partition coefficient (Wildman–Crippen LogP) is 2.77. The molecule has 90 valence electrons. The lowest BCUT2D eigenvalue weighted by Gasteiger charge is -2.14. The van der Waals surface area contributed by atoms with Crippen molar-refractivity contribution in [1.29, 1.82) is 0 Å². The normalized spacial score (nSPS) is 13.1. The number of para-hydroxylation sites is 1. The van der Waals surface area contributed by atoms with Gasteiger partial charge in [0, 0.05) is 23.5 Å². The van der Waals surface area contributed by atoms with Gasteiger partial charge in [0.2, 0.25) is 0 Å². The van der Waals surface area contributed by atoms with Gasteiger partial charge in [0.05, 0.1) is 0 Å². The number of fused-ring (bicyclic) bond motifs is 1. The highest BCUT2D eigenvalue weighted by molar-refractivity contribution is 6.34. The smallest absolute Gasteiger partial charge is 0.324 e. The van der Waals surface area contributed by atoms with Gasteiger partial charge in [-0.2, -0.15) is 0 Å². The molecule has 0 radical (unpaired) electrons. The third-order valence-corrected chi connectivity index (χ3v) is 3.08. The summed E-state index contributed by atoms with van der Waals surface area (Å²) in [5.41, 5.74) is 1.83. The number of H-pyrrole nitrogens is 1. The zero-order chi connectivity index (χ0) is 12.4. The molecule has 0 fully saturated rings. The number of rotatable bonds is 4. The molecule has 2 N–H and O–H groups in total. The summed E-state index contributed by atoms with van der Waals surface area (Å²) in [6.07, 6.45) is 2.02. The monoisotopic (exact) mass is 272 g/mol. The van der Waals surface area contributed by atoms with Crippen LogP contribution in [0.2, 0.25) is 0 Å². The van der Waals surface area contributed by atoms with E-state index >= 15 is 0 Å². The van der Waals surface area contributed by atoms with Crippen LogP contribution in [0, 0.1) is 0 Å². The van der Waals surface area contributed by atoms with Crippen molar-refractivity contribution >= 4 is 40.4 Å². The number of nitrogens with zero attached hydrogens (tertiary/aromatic N) is 1. The van der Waals surface area contributed by atoms with E-state index in [1.165, 1.54) is 0 Å². The lowest BCUT2D eigenvalue weighted by molar-refractivity contribution is -0.140. The Labute approximate surface area is 108 Å². The van der Waals surface area contributed by atoms with Gasteiger partial charge in [0.15, 0.2) is 0 Å². The SMILES string of the molecule is O=C(O)[C@H](Cc1c[nH]c2ccccc12)N(Cl)Cl. The van der Waals surface area contributed by atoms with Crippen LogP contribution in [0.25, 0.3) is 10.9 Å². The number of hydrogen-bond donors (Lipinski definition) is 2. The summed E-state index contributed by atoms with van der Waals surface area (Å²) in [5, 5.41) is 9.97. The third kappa shape index (κ3) is 2.54. The van der Waals surface area contributed by atoms with Crippen molar-refractivity contribution in [3.8, 4) is 0 Å². The number of carbonyl (C=O) groups is 1. The van der Waals surface area contributed by atoms with Gasteiger partial charge in [-0.3, -0.25) is 4.79 Å². The van der Waals surface area contributed by atoms with Gasteiger partial charge in [-0.1, -0.05) is 18.2 Å². The maximum Gasteiger partial charge on any atom is 0.324 e. The van der Waals surface area contributed by atoms with Crippen molar-refractivity contribution in [3.63, 3.8) is 0 Å². The Morgan fingerprint density at radius 1 is 1.41 bits per heavy atom. The number of halogens is 2. The van der Waals surface area contributed by atoms with Gasteiger partial charge < -0.3 is 10.1 Å². The molecule has 1 aromatic carbocycles. The zero-order valence-corrected chi connectivity index (χ0v) is 10.2. The lowest BCUT2D eigenvalue weighted by atomic mass is 10.1. The fraction of sp³-hybridized carbons (Fsp3) is 0.182. The van der Waals surface area contributed by atoms with E-state index in [9.17, 15) is 4.79 Å². The third-order valence-electron chi connectivity index (χ3n) is 2.61. The molecule has 0 amide bonds. The molecule has 17 heavy (non-hydrogen) atoms. The predicted molar refractivity (Wildman–Crippen MR) is 67.0 cm³/mol. The van der Waals surface area contributed by atoms with Gasteiger partial charge in [0.1, 0.15) is 6.04 Å². The summed E-state index contributed by atoms with van der Waals surface area (Å²) in [6.45, 7) is 0. The number of carboxylic acids is 1. The summed E-state index contributed by atoms with van der Waals surface area (Å²) < 4.78 is 0.671. The molecule has 6 heteroatoms. The van der Waals surface area contributed by atoms with E-state index in [0.717, 1.165) is 16.5 Å². The van der Waals surface area contributed by atoms with Gasteiger partial charge in [0.25, 0.3) is 0 Å². The van der Waals surface area contributed by atoms with E-state index < -0.39 is 12.0 Å². The van der Waals surface area contributed by atoms with Crippen molar-refractivity contribution in [1.82, 2.24) is 8.92 Å². The van der Waals surface area contributed by atoms with Crippen LogP contribution < -0.4 is 0 Å². The summed E-state index contributed by atoms with van der Waals surface area (Å²) in [6, 6.07) is 6.69. The van der Waals surface area contributed by atoms with E-state index in [1.807, 2.05) is 24.3 Å². The summed E-state index contributed by atoms with van der Waals surface area (Å²) >= 11 is 11.0. The second-order valence-corrected chi connectivity index (χ2v) is 4.58. The van der Waals surface area contributed by atoms with Crippen LogP contribution in [-0.2, 0) is 11.2 Å². The van der Waals surface area contributed by atoms with Crippen molar-refractivity contribution in [2.45, 2.75) is 12.5 Å². The average molecular weight is 273 g/mol. The van der Waals surface area contributed by atoms with Crippen LogP contribution in [0.15, 0.2) is 30.5 Å². The van der Waals surface area contributed by atoms with Gasteiger partial charge in [-0.05, 0) is 35.2 Å². The number of aliphatic carboxylic acids is 1. The highest BCUT2D eigenvalue weighted by atomic mass is 35.5. The minimum absolute atomic E-state index is 0.242. The van der Waals surface area contributed by atoms with Crippen LogP contribution in [0.4, 0.5) is 0 Å². The Morgan fingerprint density at radius 3 is 2.76 bits per heavy atom. The summed E-state index contributed by atoms with van der Waals surface area (Å²) in [5.74, 6) is -1.06. The second kappa shape index (κ2) is 4.96. The molecule has 1 atom stereocenters. The molecule has 2 rings (SSSR count). The first-order valence-electron chi connectivity index (χ1n) is 4.98. The molecular weight excluding hydrogens is 263 g/mol. The van der Waals surface area contributed by atoms with Crippen LogP contribution >= 0.6 is 23.6 Å². The molecule has 0 aliphatic carbocycles. The molecule has 0 unspecified atom stereocenters. The first-order valence-corrected chi connectivity index (χ1v) is 5.66. The molecule has 1 aromatic heterocycles. The molecular formula is C11H10Cl2N2O2. The Kier molecular flexibility index (Phi) is 3.57. The van der Waals surface area contributed by atoms with Crippen LogP contribution in [0.1, 0.15) is 5.56 Å². The maximum atomic E-state index is 11.0. The highest BCUT2D eigenvalue weighted by Crippen LogP contribution is 2.21. The Bertz CT molecular complexity index is 539. The van der Waals surface area contributed by atoms with E-state index in [2.05, 4.69) is 4.98 Å². The van der Waals surface area contributed by atoms with Gasteiger partial charge in [-0.25, -0.2) is 0 Å². The fourth-order valence-electron chi connectivity index (χ4n) is 1.75. The van der Waals surface area contributed by atoms with Gasteiger partial charge >= 0.3 is 5.97 Å². The fourth-order valence-corrected chi connectivity index (χ4v) is 2.05. The number of aromatic amines is 1. The van der Waals surface area contributed by atoms with Crippen LogP contribution in [-0.4, -0.2) is 26.0 Å². The molecule has 0 aliphatic rings. The van der Waals surface area contributed by atoms with E-state index in [1.54, 1.807) is 6.20 Å². The van der Waals surface area contributed by atoms with Crippen LogP contribution in [0.3, 0.4) is 0 Å². The quantitative estimate of drug-likeness (QED) is 0.842. The molecule has 1 heterocycles. The topological polar surface area (TPSA) is 56.3 Å². The first-order chi connectivity index (χ1) is 8.09. The summed E-state index contributed by atoms with van der Waals surface area (Å²) in [7, 11) is 0. The Morgan fingerprint density at radius 2 is 2.12 bits per heavy atom. The minimum atomic E-state index is -1.06. The standard InChI is InChI=1S/C11H10Cl2N2O2/c12-15(13)10(11(16)17)5-7-6-14-9-4-2-1-3-8(7)9/h1-4,6,10,14H,5H2,(H,16,17)/t10-/m0/s1. The van der Waals surface area contributed by atoms with Crippen molar-refractivity contribution in [2.75, 3.05) is 0 Å². The van der Waals surface area contributed by atoms with E-state index in [-0.39, 0.29) is 6.42 Å². The molecule has 0 bridgehead atoms. The molecule has 0 aliphatic heterocycles. The minimum Gasteiger partial charge on any atom is -0.480 e. The number of nitrogens with one attached hydrogen (secondary N) is 1. The number of aromatic nitrogens is 1. The number of carboxylic acid groups (broad SMARTS) is 1. The average Bonchev–Trinajstić information content (AvgIpc) is 2.68. The lowest BCUT2D eigenvalue weighted by Crippen LogP contribution is -2.31. The molecule has 4 nitrogen and oxygen atoms in total. The Hall–Kier alpha value is -1.23. The molecule has 0 spiro atoms. The van der Waals surface area contributed by atoms with Crippen LogP contribution in [0.5, 0.6) is 0 Å². The van der Waals surface area contributed by atoms with E-state index in [4.69, 9.17) is 28.7 Å².